The van der Waals surface area contributed by atoms with Crippen LogP contribution in [0.3, 0.4) is 0 Å². The van der Waals surface area contributed by atoms with Crippen LogP contribution in [-0.4, -0.2) is 17.4 Å². The number of para-hydroxylation sites is 1. The predicted molar refractivity (Wildman–Crippen MR) is 132 cm³/mol. The summed E-state index contributed by atoms with van der Waals surface area (Å²) in [6.45, 7) is 6.73. The van der Waals surface area contributed by atoms with Crippen molar-refractivity contribution in [1.29, 1.82) is 0 Å². The number of carbonyl (C=O) groups is 1. The van der Waals surface area contributed by atoms with Crippen molar-refractivity contribution >= 4 is 33.2 Å². The number of anilines is 1. The van der Waals surface area contributed by atoms with Gasteiger partial charge < -0.3 is 14.4 Å². The lowest BCUT2D eigenvalue weighted by Crippen LogP contribution is -2.64. The molecule has 2 atom stereocenters. The molecule has 0 saturated carbocycles. The first-order chi connectivity index (χ1) is 15.4. The van der Waals surface area contributed by atoms with Gasteiger partial charge in [-0.05, 0) is 35.4 Å². The highest BCUT2D eigenvalue weighted by Gasteiger charge is 2.64. The number of nitrogens with zero attached hydrogens (tertiary/aromatic N) is 1. The molecule has 0 N–H and O–H groups in total. The number of ether oxygens (including phenoxy) is 2. The molecule has 2 aliphatic heterocycles. The Bertz CT molecular complexity index is 1130. The lowest BCUT2D eigenvalue weighted by Gasteiger charge is -2.56. The van der Waals surface area contributed by atoms with Crippen LogP contribution in [0.25, 0.3) is 0 Å². The summed E-state index contributed by atoms with van der Waals surface area (Å²) in [6.07, 6.45) is 0. The third-order valence-electron chi connectivity index (χ3n) is 5.55. The van der Waals surface area contributed by atoms with Crippen molar-refractivity contribution in [2.24, 2.45) is 0 Å². The smallest absolute Gasteiger partial charge is 0.251 e. The number of β-lactam (4-membered cyclic amide) rings is 1. The zero-order valence-corrected chi connectivity index (χ0v) is 19.9. The van der Waals surface area contributed by atoms with Crippen molar-refractivity contribution in [3.05, 3.63) is 90.0 Å². The number of amides is 1. The lowest BCUT2D eigenvalue weighted by atomic mass is 9.76. The summed E-state index contributed by atoms with van der Waals surface area (Å²) in [5, 5.41) is 0. The van der Waals surface area contributed by atoms with Crippen LogP contribution in [0, 0.1) is 0 Å². The Balaban J connectivity index is 1.67. The van der Waals surface area contributed by atoms with Gasteiger partial charge in [-0.25, -0.2) is 0 Å². The second-order valence-corrected chi connectivity index (χ2v) is 12.1. The fraction of sp³-hybridized carbons (Fsp3) is 0.269. The van der Waals surface area contributed by atoms with Crippen LogP contribution >= 0.6 is 21.6 Å². The topological polar surface area (TPSA) is 38.8 Å². The second kappa shape index (κ2) is 8.09. The highest BCUT2D eigenvalue weighted by molar-refractivity contribution is 8.77. The number of hydrogen-bond donors (Lipinski definition) is 0. The van der Waals surface area contributed by atoms with E-state index >= 15 is 0 Å². The zero-order valence-electron chi connectivity index (χ0n) is 18.3. The minimum absolute atomic E-state index is 0.0112. The fourth-order valence-electron chi connectivity index (χ4n) is 4.13. The zero-order chi connectivity index (χ0) is 22.3. The number of carbonyl (C=O) groups excluding carboxylic acids is 1. The molecule has 32 heavy (non-hydrogen) atoms. The number of fused-ring (bicyclic) bond motifs is 1. The van der Waals surface area contributed by atoms with Crippen LogP contribution in [0.1, 0.15) is 37.9 Å². The Morgan fingerprint density at radius 2 is 1.56 bits per heavy atom. The van der Waals surface area contributed by atoms with Crippen molar-refractivity contribution in [1.82, 2.24) is 0 Å². The highest BCUT2D eigenvalue weighted by atomic mass is 33.1. The molecule has 4 nitrogen and oxygen atoms in total. The minimum Gasteiger partial charge on any atom is -0.454 e. The summed E-state index contributed by atoms with van der Waals surface area (Å²) in [7, 11) is 3.40. The Kier molecular flexibility index (Phi) is 5.38. The van der Waals surface area contributed by atoms with E-state index in [1.54, 1.807) is 21.6 Å². The molecule has 3 aromatic carbocycles. The summed E-state index contributed by atoms with van der Waals surface area (Å²) >= 11 is 0. The first-order valence-corrected chi connectivity index (χ1v) is 12.8. The quantitative estimate of drug-likeness (QED) is 0.316. The average Bonchev–Trinajstić information content (AvgIpc) is 3.26. The molecule has 1 fully saturated rings. The van der Waals surface area contributed by atoms with Gasteiger partial charge in [-0.3, -0.25) is 4.79 Å². The van der Waals surface area contributed by atoms with Crippen molar-refractivity contribution in [2.45, 2.75) is 36.3 Å². The Morgan fingerprint density at radius 3 is 2.25 bits per heavy atom. The van der Waals surface area contributed by atoms with Crippen LogP contribution in [-0.2, 0) is 9.54 Å². The van der Waals surface area contributed by atoms with Crippen LogP contribution in [0.4, 0.5) is 5.69 Å². The van der Waals surface area contributed by atoms with Gasteiger partial charge in [-0.1, -0.05) is 97.0 Å². The molecule has 1 amide bonds. The first kappa shape index (κ1) is 21.3. The first-order valence-electron chi connectivity index (χ1n) is 10.6. The van der Waals surface area contributed by atoms with Crippen LogP contribution in [0.5, 0.6) is 11.5 Å². The van der Waals surface area contributed by atoms with Gasteiger partial charge in [-0.2, -0.15) is 0 Å². The molecule has 0 unspecified atom stereocenters. The number of hydrogen-bond acceptors (Lipinski definition) is 5. The largest absolute Gasteiger partial charge is 0.454 e. The molecule has 3 aromatic rings. The summed E-state index contributed by atoms with van der Waals surface area (Å²) in [6, 6.07) is 26.0. The molecular weight excluding hydrogens is 438 g/mol. The molecule has 2 aliphatic rings. The van der Waals surface area contributed by atoms with Gasteiger partial charge >= 0.3 is 0 Å². The monoisotopic (exact) mass is 463 g/mol. The Labute approximate surface area is 196 Å². The second-order valence-electron chi connectivity index (χ2n) is 8.91. The van der Waals surface area contributed by atoms with Crippen LogP contribution in [0.2, 0.25) is 0 Å². The Morgan fingerprint density at radius 1 is 0.906 bits per heavy atom. The third-order valence-corrected chi connectivity index (χ3v) is 9.57. The summed E-state index contributed by atoms with van der Waals surface area (Å²) in [5.74, 6) is 1.50. The average molecular weight is 464 g/mol. The maximum absolute atomic E-state index is 14.1. The van der Waals surface area contributed by atoms with E-state index < -0.39 is 4.75 Å². The van der Waals surface area contributed by atoms with Gasteiger partial charge in [0.25, 0.3) is 5.91 Å². The molecule has 0 bridgehead atoms. The van der Waals surface area contributed by atoms with E-state index in [-0.39, 0.29) is 23.5 Å². The molecule has 6 heteroatoms. The van der Waals surface area contributed by atoms with E-state index in [2.05, 4.69) is 32.9 Å². The van der Waals surface area contributed by atoms with Crippen molar-refractivity contribution in [3.8, 4) is 11.5 Å². The molecule has 0 aliphatic carbocycles. The van der Waals surface area contributed by atoms with Gasteiger partial charge in [0.15, 0.2) is 16.2 Å². The predicted octanol–water partition coefficient (Wildman–Crippen LogP) is 6.58. The van der Waals surface area contributed by atoms with E-state index in [4.69, 9.17) is 9.47 Å². The van der Waals surface area contributed by atoms with Crippen molar-refractivity contribution in [2.75, 3.05) is 11.7 Å². The molecule has 5 rings (SSSR count). The van der Waals surface area contributed by atoms with Gasteiger partial charge in [0.2, 0.25) is 6.79 Å². The van der Waals surface area contributed by atoms with Crippen molar-refractivity contribution in [3.63, 3.8) is 0 Å². The molecule has 1 saturated heterocycles. The van der Waals surface area contributed by atoms with Gasteiger partial charge in [0.05, 0.1) is 6.04 Å². The minimum atomic E-state index is -0.782. The molecular formula is C26H25NO3S2. The molecule has 0 radical (unpaired) electrons. The van der Waals surface area contributed by atoms with Crippen molar-refractivity contribution < 1.29 is 14.3 Å². The maximum atomic E-state index is 14.1. The SMILES string of the molecule is CC(C)(C)SS[C@@]1(c2ccc3c(c2)OCO3)C(=O)N(c2ccccc2)[C@@H]1c1ccccc1. The van der Waals surface area contributed by atoms with Crippen LogP contribution < -0.4 is 14.4 Å². The van der Waals surface area contributed by atoms with Gasteiger partial charge in [0.1, 0.15) is 0 Å². The molecule has 0 spiro atoms. The van der Waals surface area contributed by atoms with E-state index in [9.17, 15) is 4.79 Å². The molecule has 2 heterocycles. The summed E-state index contributed by atoms with van der Waals surface area (Å²) < 4.78 is 10.4. The van der Waals surface area contributed by atoms with Crippen LogP contribution in [0.15, 0.2) is 78.9 Å². The lowest BCUT2D eigenvalue weighted by molar-refractivity contribution is -0.128. The maximum Gasteiger partial charge on any atom is 0.251 e. The summed E-state index contributed by atoms with van der Waals surface area (Å²) in [4.78, 5) is 16.0. The summed E-state index contributed by atoms with van der Waals surface area (Å²) in [5.41, 5.74) is 2.95. The number of rotatable bonds is 5. The van der Waals surface area contributed by atoms with Gasteiger partial charge in [0, 0.05) is 10.4 Å². The van der Waals surface area contributed by atoms with E-state index in [1.165, 1.54) is 0 Å². The Hall–Kier alpha value is -2.57. The number of benzene rings is 3. The standard InChI is InChI=1S/C26H25NO3S2/c1-25(2,3)31-32-26(19-14-15-21-22(16-19)30-17-29-21)23(18-10-6-4-7-11-18)27(24(26)28)20-12-8-5-9-13-20/h4-16,23H,17H2,1-3H3/t23-,26-/m1/s1. The highest BCUT2D eigenvalue weighted by Crippen LogP contribution is 2.64. The van der Waals surface area contributed by atoms with E-state index in [0.717, 1.165) is 22.6 Å². The van der Waals surface area contributed by atoms with E-state index in [1.807, 2.05) is 71.6 Å². The molecule has 0 aromatic heterocycles. The fourth-order valence-corrected chi connectivity index (χ4v) is 7.16. The van der Waals surface area contributed by atoms with E-state index in [0.29, 0.717) is 5.75 Å². The normalized spacial score (nSPS) is 22.0. The van der Waals surface area contributed by atoms with Gasteiger partial charge in [-0.15, -0.1) is 0 Å². The molecule has 164 valence electrons. The third kappa shape index (κ3) is 3.55.